The van der Waals surface area contributed by atoms with Gasteiger partial charge in [0.1, 0.15) is 5.82 Å². The van der Waals surface area contributed by atoms with E-state index in [9.17, 15) is 9.18 Å². The Morgan fingerprint density at radius 3 is 2.67 bits per heavy atom. The van der Waals surface area contributed by atoms with Gasteiger partial charge in [0.2, 0.25) is 0 Å². The Labute approximate surface area is 156 Å². The molecule has 3 aromatic rings. The number of carbonyl (C=O) groups excluding carboxylic acids is 1. The quantitative estimate of drug-likeness (QED) is 0.729. The first-order valence-corrected chi connectivity index (χ1v) is 8.88. The Balaban J connectivity index is 1.28. The number of nitrogens with one attached hydrogen (secondary N) is 1. The zero-order valence-electron chi connectivity index (χ0n) is 14.8. The van der Waals surface area contributed by atoms with Crippen molar-refractivity contribution in [2.45, 2.75) is 19.1 Å². The predicted molar refractivity (Wildman–Crippen MR) is 98.3 cm³/mol. The van der Waals surface area contributed by atoms with Crippen molar-refractivity contribution in [3.05, 3.63) is 83.4 Å². The summed E-state index contributed by atoms with van der Waals surface area (Å²) in [5.74, 6) is -0.451. The number of amides is 1. The third-order valence-corrected chi connectivity index (χ3v) is 4.65. The van der Waals surface area contributed by atoms with Crippen molar-refractivity contribution in [1.29, 1.82) is 0 Å². The number of benzene rings is 2. The van der Waals surface area contributed by atoms with E-state index in [-0.39, 0.29) is 17.8 Å². The summed E-state index contributed by atoms with van der Waals surface area (Å²) in [6, 6.07) is 16.5. The predicted octanol–water partition coefficient (Wildman–Crippen LogP) is 2.40. The van der Waals surface area contributed by atoms with Crippen LogP contribution >= 0.6 is 0 Å². The monoisotopic (exact) mass is 365 g/mol. The maximum absolute atomic E-state index is 13.3. The second-order valence-electron chi connectivity index (χ2n) is 6.73. The molecule has 0 aliphatic carbocycles. The number of hydrogen-bond acceptors (Lipinski definition) is 4. The lowest BCUT2D eigenvalue weighted by Crippen LogP contribution is -2.47. The van der Waals surface area contributed by atoms with Gasteiger partial charge in [-0.2, -0.15) is 0 Å². The Morgan fingerprint density at radius 1 is 1.11 bits per heavy atom. The van der Waals surface area contributed by atoms with Crippen LogP contribution in [0, 0.1) is 5.82 Å². The highest BCUT2D eigenvalue weighted by Gasteiger charge is 2.29. The molecule has 0 saturated carbocycles. The lowest BCUT2D eigenvalue weighted by molar-refractivity contribution is 0.0894. The lowest BCUT2D eigenvalue weighted by Gasteiger charge is -2.38. The lowest BCUT2D eigenvalue weighted by atomic mass is 10.1. The molecule has 7 heteroatoms. The number of carbonyl (C=O) groups is 1. The summed E-state index contributed by atoms with van der Waals surface area (Å²) >= 11 is 0. The van der Waals surface area contributed by atoms with Crippen molar-refractivity contribution in [3.8, 4) is 0 Å². The van der Waals surface area contributed by atoms with E-state index in [0.29, 0.717) is 18.8 Å². The fourth-order valence-corrected chi connectivity index (χ4v) is 3.16. The van der Waals surface area contributed by atoms with Crippen molar-refractivity contribution in [2.75, 3.05) is 13.1 Å². The van der Waals surface area contributed by atoms with E-state index in [2.05, 4.69) is 20.5 Å². The van der Waals surface area contributed by atoms with Gasteiger partial charge in [-0.05, 0) is 23.3 Å². The molecule has 1 aliphatic rings. The first-order chi connectivity index (χ1) is 13.2. The number of nitrogens with zero attached hydrogens (tertiary/aromatic N) is 4. The molecule has 1 amide bonds. The van der Waals surface area contributed by atoms with Crippen molar-refractivity contribution < 1.29 is 9.18 Å². The summed E-state index contributed by atoms with van der Waals surface area (Å²) in [5, 5.41) is 10.9. The van der Waals surface area contributed by atoms with Crippen LogP contribution in [0.2, 0.25) is 0 Å². The van der Waals surface area contributed by atoms with Crippen molar-refractivity contribution in [2.24, 2.45) is 0 Å². The molecule has 0 atom stereocenters. The van der Waals surface area contributed by atoms with Gasteiger partial charge in [-0.15, -0.1) is 5.10 Å². The van der Waals surface area contributed by atoms with E-state index < -0.39 is 0 Å². The Hall–Kier alpha value is -3.06. The molecule has 2 heterocycles. The number of likely N-dealkylation sites (tertiary alicyclic amines) is 1. The molecule has 1 fully saturated rings. The smallest absolute Gasteiger partial charge is 0.273 e. The average Bonchev–Trinajstić information content (AvgIpc) is 3.13. The highest BCUT2D eigenvalue weighted by atomic mass is 19.1. The van der Waals surface area contributed by atoms with Crippen molar-refractivity contribution in [1.82, 2.24) is 25.2 Å². The molecule has 6 nitrogen and oxygen atoms in total. The van der Waals surface area contributed by atoms with Gasteiger partial charge in [0.05, 0.1) is 12.2 Å². The van der Waals surface area contributed by atoms with E-state index in [1.807, 2.05) is 36.4 Å². The molecule has 27 heavy (non-hydrogen) atoms. The van der Waals surface area contributed by atoms with Crippen LogP contribution < -0.4 is 5.32 Å². The first-order valence-electron chi connectivity index (χ1n) is 8.88. The number of aromatic nitrogens is 3. The standard InChI is InChI=1S/C20H20FN5O/c21-17-8-4-7-16(9-17)11-25-12-18(13-25)26-14-19(23-24-26)20(27)22-10-15-5-2-1-3-6-15/h1-9,14,18H,10-13H2,(H,22,27). The van der Waals surface area contributed by atoms with Crippen LogP contribution in [0.4, 0.5) is 4.39 Å². The summed E-state index contributed by atoms with van der Waals surface area (Å²) in [6.45, 7) is 2.75. The summed E-state index contributed by atoms with van der Waals surface area (Å²) < 4.78 is 15.0. The van der Waals surface area contributed by atoms with Gasteiger partial charge < -0.3 is 5.32 Å². The Kier molecular flexibility index (Phi) is 4.93. The molecule has 0 spiro atoms. The molecule has 0 bridgehead atoms. The Bertz CT molecular complexity index is 921. The largest absolute Gasteiger partial charge is 0.347 e. The van der Waals surface area contributed by atoms with Crippen LogP contribution in [0.1, 0.15) is 27.7 Å². The highest BCUT2D eigenvalue weighted by Crippen LogP contribution is 2.22. The minimum absolute atomic E-state index is 0.182. The summed E-state index contributed by atoms with van der Waals surface area (Å²) in [5.41, 5.74) is 2.30. The van der Waals surface area contributed by atoms with Crippen molar-refractivity contribution >= 4 is 5.91 Å². The molecular formula is C20H20FN5O. The van der Waals surface area contributed by atoms with E-state index in [4.69, 9.17) is 0 Å². The molecule has 1 saturated heterocycles. The van der Waals surface area contributed by atoms with Gasteiger partial charge >= 0.3 is 0 Å². The zero-order chi connectivity index (χ0) is 18.6. The van der Waals surface area contributed by atoms with Crippen LogP contribution in [-0.2, 0) is 13.1 Å². The molecule has 1 aliphatic heterocycles. The highest BCUT2D eigenvalue weighted by molar-refractivity contribution is 5.91. The fraction of sp³-hybridized carbons (Fsp3) is 0.250. The van der Waals surface area contributed by atoms with Crippen molar-refractivity contribution in [3.63, 3.8) is 0 Å². The van der Waals surface area contributed by atoms with Crippen LogP contribution in [0.3, 0.4) is 0 Å². The Morgan fingerprint density at radius 2 is 1.89 bits per heavy atom. The van der Waals surface area contributed by atoms with E-state index in [1.165, 1.54) is 6.07 Å². The summed E-state index contributed by atoms with van der Waals surface area (Å²) in [7, 11) is 0. The van der Waals surface area contributed by atoms with Gasteiger partial charge in [-0.1, -0.05) is 47.7 Å². The molecule has 138 valence electrons. The second kappa shape index (κ2) is 7.67. The van der Waals surface area contributed by atoms with Gasteiger partial charge in [-0.3, -0.25) is 9.69 Å². The minimum Gasteiger partial charge on any atom is -0.347 e. The first kappa shape index (κ1) is 17.4. The third kappa shape index (κ3) is 4.20. The molecule has 1 N–H and O–H groups in total. The molecule has 0 radical (unpaired) electrons. The van der Waals surface area contributed by atoms with Gasteiger partial charge in [0.25, 0.3) is 5.91 Å². The maximum atomic E-state index is 13.3. The summed E-state index contributed by atoms with van der Waals surface area (Å²) in [4.78, 5) is 14.4. The van der Waals surface area contributed by atoms with E-state index >= 15 is 0 Å². The maximum Gasteiger partial charge on any atom is 0.273 e. The average molecular weight is 365 g/mol. The number of hydrogen-bond donors (Lipinski definition) is 1. The molecule has 4 rings (SSSR count). The number of halogens is 1. The van der Waals surface area contributed by atoms with Gasteiger partial charge in [0.15, 0.2) is 5.69 Å². The van der Waals surface area contributed by atoms with Gasteiger partial charge in [0, 0.05) is 26.2 Å². The van der Waals surface area contributed by atoms with Crippen LogP contribution in [0.25, 0.3) is 0 Å². The van der Waals surface area contributed by atoms with Crippen LogP contribution in [0.5, 0.6) is 0 Å². The SMILES string of the molecule is O=C(NCc1ccccc1)c1cn(C2CN(Cc3cccc(F)c3)C2)nn1. The third-order valence-electron chi connectivity index (χ3n) is 4.65. The zero-order valence-corrected chi connectivity index (χ0v) is 14.8. The molecule has 0 unspecified atom stereocenters. The molecular weight excluding hydrogens is 345 g/mol. The summed E-state index contributed by atoms with van der Waals surface area (Å²) in [6.07, 6.45) is 1.69. The van der Waals surface area contributed by atoms with Crippen LogP contribution in [0.15, 0.2) is 60.8 Å². The minimum atomic E-state index is -0.235. The normalized spacial score (nSPS) is 14.7. The molecule has 2 aromatic carbocycles. The van der Waals surface area contributed by atoms with E-state index in [1.54, 1.807) is 23.0 Å². The second-order valence-corrected chi connectivity index (χ2v) is 6.73. The van der Waals surface area contributed by atoms with Gasteiger partial charge in [-0.25, -0.2) is 9.07 Å². The van der Waals surface area contributed by atoms with E-state index in [0.717, 1.165) is 24.2 Å². The fourth-order valence-electron chi connectivity index (χ4n) is 3.16. The van der Waals surface area contributed by atoms with Crippen LogP contribution in [-0.4, -0.2) is 38.9 Å². The molecule has 1 aromatic heterocycles. The number of rotatable bonds is 6. The topological polar surface area (TPSA) is 63.1 Å².